The van der Waals surface area contributed by atoms with E-state index in [0.29, 0.717) is 6.54 Å². The van der Waals surface area contributed by atoms with Crippen LogP contribution >= 0.6 is 0 Å². The molecule has 0 fully saturated rings. The van der Waals surface area contributed by atoms with E-state index in [1.165, 1.54) is 0 Å². The number of furan rings is 1. The average molecular weight is 227 g/mol. The van der Waals surface area contributed by atoms with Crippen molar-refractivity contribution in [1.82, 2.24) is 9.55 Å². The van der Waals surface area contributed by atoms with Crippen LogP contribution in [0.5, 0.6) is 0 Å². The van der Waals surface area contributed by atoms with Crippen molar-refractivity contribution in [3.8, 4) is 0 Å². The van der Waals surface area contributed by atoms with Crippen LogP contribution in [0.2, 0.25) is 0 Å². The number of benzene rings is 1. The molecule has 1 aromatic carbocycles. The van der Waals surface area contributed by atoms with Crippen molar-refractivity contribution < 1.29 is 4.42 Å². The molecule has 0 aliphatic rings. The highest BCUT2D eigenvalue weighted by Crippen LogP contribution is 2.18. The molecule has 3 aromatic rings. The standard InChI is InChI=1S/C13H13N3O/c1-9-2-4-11(17-9)7-16-8-15-12-6-10(14)3-5-13(12)16/h2-6,8H,7,14H2,1H3. The molecular formula is C13H13N3O. The zero-order chi connectivity index (χ0) is 11.8. The van der Waals surface area contributed by atoms with E-state index in [-0.39, 0.29) is 0 Å². The van der Waals surface area contributed by atoms with Gasteiger partial charge in [0, 0.05) is 5.69 Å². The van der Waals surface area contributed by atoms with E-state index >= 15 is 0 Å². The second-order valence-corrected chi connectivity index (χ2v) is 4.13. The summed E-state index contributed by atoms with van der Waals surface area (Å²) < 4.78 is 7.60. The van der Waals surface area contributed by atoms with Gasteiger partial charge in [-0.3, -0.25) is 0 Å². The van der Waals surface area contributed by atoms with Gasteiger partial charge in [0.25, 0.3) is 0 Å². The molecule has 2 N–H and O–H groups in total. The predicted molar refractivity (Wildman–Crippen MR) is 66.7 cm³/mol. The highest BCUT2D eigenvalue weighted by atomic mass is 16.3. The number of aromatic nitrogens is 2. The lowest BCUT2D eigenvalue weighted by Gasteiger charge is -2.01. The minimum Gasteiger partial charge on any atom is -0.464 e. The topological polar surface area (TPSA) is 57.0 Å². The van der Waals surface area contributed by atoms with Crippen LogP contribution in [0.15, 0.2) is 41.1 Å². The van der Waals surface area contributed by atoms with Crippen LogP contribution in [0.25, 0.3) is 11.0 Å². The molecule has 0 spiro atoms. The molecule has 2 heterocycles. The molecule has 0 unspecified atom stereocenters. The molecule has 2 aromatic heterocycles. The van der Waals surface area contributed by atoms with Crippen molar-refractivity contribution in [2.45, 2.75) is 13.5 Å². The summed E-state index contributed by atoms with van der Waals surface area (Å²) >= 11 is 0. The molecule has 3 rings (SSSR count). The number of nitrogens with zero attached hydrogens (tertiary/aromatic N) is 2. The second-order valence-electron chi connectivity index (χ2n) is 4.13. The van der Waals surface area contributed by atoms with Crippen LogP contribution in [0, 0.1) is 6.92 Å². The quantitative estimate of drug-likeness (QED) is 0.684. The number of nitrogens with two attached hydrogens (primary N) is 1. The van der Waals surface area contributed by atoms with Crippen molar-refractivity contribution in [3.63, 3.8) is 0 Å². The monoisotopic (exact) mass is 227 g/mol. The van der Waals surface area contributed by atoms with Gasteiger partial charge in [0.05, 0.1) is 23.9 Å². The zero-order valence-corrected chi connectivity index (χ0v) is 9.55. The molecule has 0 saturated heterocycles. The van der Waals surface area contributed by atoms with E-state index in [1.807, 2.05) is 48.1 Å². The van der Waals surface area contributed by atoms with Crippen LogP contribution in [-0.4, -0.2) is 9.55 Å². The van der Waals surface area contributed by atoms with Crippen LogP contribution in [0.3, 0.4) is 0 Å². The molecule has 0 radical (unpaired) electrons. The number of hydrogen-bond donors (Lipinski definition) is 1. The van der Waals surface area contributed by atoms with E-state index < -0.39 is 0 Å². The lowest BCUT2D eigenvalue weighted by molar-refractivity contribution is 0.472. The van der Waals surface area contributed by atoms with Gasteiger partial charge in [0.1, 0.15) is 11.5 Å². The fourth-order valence-electron chi connectivity index (χ4n) is 1.94. The minimum atomic E-state index is 0.689. The minimum absolute atomic E-state index is 0.689. The Morgan fingerprint density at radius 3 is 2.94 bits per heavy atom. The first-order valence-electron chi connectivity index (χ1n) is 5.48. The summed E-state index contributed by atoms with van der Waals surface area (Å²) in [6.45, 7) is 2.63. The van der Waals surface area contributed by atoms with E-state index in [9.17, 15) is 0 Å². The Balaban J connectivity index is 2.00. The van der Waals surface area contributed by atoms with Crippen molar-refractivity contribution >= 4 is 16.7 Å². The second kappa shape index (κ2) is 3.66. The Morgan fingerprint density at radius 2 is 2.18 bits per heavy atom. The summed E-state index contributed by atoms with van der Waals surface area (Å²) in [5.74, 6) is 1.85. The third-order valence-electron chi connectivity index (χ3n) is 2.77. The van der Waals surface area contributed by atoms with Crippen LogP contribution in [0.1, 0.15) is 11.5 Å². The van der Waals surface area contributed by atoms with Crippen LogP contribution < -0.4 is 5.73 Å². The summed E-state index contributed by atoms with van der Waals surface area (Å²) in [7, 11) is 0. The molecule has 0 atom stereocenters. The lowest BCUT2D eigenvalue weighted by Crippen LogP contribution is -1.96. The summed E-state index contributed by atoms with van der Waals surface area (Å²) in [6.07, 6.45) is 1.81. The Morgan fingerprint density at radius 1 is 1.29 bits per heavy atom. The maximum absolute atomic E-state index is 5.72. The maximum Gasteiger partial charge on any atom is 0.123 e. The summed E-state index contributed by atoms with van der Waals surface area (Å²) in [6, 6.07) is 9.69. The lowest BCUT2D eigenvalue weighted by atomic mass is 10.3. The van der Waals surface area contributed by atoms with Crippen molar-refractivity contribution in [2.75, 3.05) is 5.73 Å². The number of aryl methyl sites for hydroxylation is 1. The number of hydrogen-bond acceptors (Lipinski definition) is 3. The van der Waals surface area contributed by atoms with Gasteiger partial charge in [-0.05, 0) is 37.3 Å². The van der Waals surface area contributed by atoms with Crippen molar-refractivity contribution in [3.05, 3.63) is 48.2 Å². The molecule has 86 valence electrons. The Hall–Kier alpha value is -2.23. The SMILES string of the molecule is Cc1ccc(Cn2cnc3cc(N)ccc32)o1. The molecule has 0 aliphatic carbocycles. The largest absolute Gasteiger partial charge is 0.464 e. The Bertz CT molecular complexity index is 666. The van der Waals surface area contributed by atoms with Gasteiger partial charge >= 0.3 is 0 Å². The summed E-state index contributed by atoms with van der Waals surface area (Å²) in [5, 5.41) is 0. The first-order valence-corrected chi connectivity index (χ1v) is 5.48. The van der Waals surface area contributed by atoms with E-state index in [0.717, 1.165) is 28.2 Å². The van der Waals surface area contributed by atoms with Crippen molar-refractivity contribution in [1.29, 1.82) is 0 Å². The molecule has 0 amide bonds. The van der Waals surface area contributed by atoms with E-state index in [2.05, 4.69) is 4.98 Å². The molecule has 4 heteroatoms. The molecular weight excluding hydrogens is 214 g/mol. The highest BCUT2D eigenvalue weighted by molar-refractivity contribution is 5.78. The molecule has 0 bridgehead atoms. The highest BCUT2D eigenvalue weighted by Gasteiger charge is 2.05. The number of fused-ring (bicyclic) bond motifs is 1. The fraction of sp³-hybridized carbons (Fsp3) is 0.154. The van der Waals surface area contributed by atoms with E-state index in [1.54, 1.807) is 0 Å². The van der Waals surface area contributed by atoms with Crippen LogP contribution in [0.4, 0.5) is 5.69 Å². The molecule has 4 nitrogen and oxygen atoms in total. The first-order chi connectivity index (χ1) is 8.22. The summed E-state index contributed by atoms with van der Waals surface area (Å²) in [4.78, 5) is 4.32. The van der Waals surface area contributed by atoms with Gasteiger partial charge in [0.15, 0.2) is 0 Å². The fourth-order valence-corrected chi connectivity index (χ4v) is 1.94. The zero-order valence-electron chi connectivity index (χ0n) is 9.55. The summed E-state index contributed by atoms with van der Waals surface area (Å²) in [5.41, 5.74) is 8.43. The van der Waals surface area contributed by atoms with Gasteiger partial charge in [-0.1, -0.05) is 0 Å². The van der Waals surface area contributed by atoms with Gasteiger partial charge in [0.2, 0.25) is 0 Å². The van der Waals surface area contributed by atoms with Gasteiger partial charge in [-0.2, -0.15) is 0 Å². The third-order valence-corrected chi connectivity index (χ3v) is 2.77. The number of anilines is 1. The molecule has 0 saturated carbocycles. The molecule has 0 aliphatic heterocycles. The maximum atomic E-state index is 5.72. The number of nitrogen functional groups attached to an aromatic ring is 1. The number of rotatable bonds is 2. The molecule has 17 heavy (non-hydrogen) atoms. The van der Waals surface area contributed by atoms with Gasteiger partial charge in [-0.15, -0.1) is 0 Å². The third kappa shape index (κ3) is 1.78. The Kier molecular flexibility index (Phi) is 2.14. The average Bonchev–Trinajstić information content (AvgIpc) is 2.86. The van der Waals surface area contributed by atoms with Gasteiger partial charge in [-0.25, -0.2) is 4.98 Å². The smallest absolute Gasteiger partial charge is 0.123 e. The normalized spacial score (nSPS) is 11.1. The van der Waals surface area contributed by atoms with Crippen LogP contribution in [-0.2, 0) is 6.54 Å². The van der Waals surface area contributed by atoms with Crippen molar-refractivity contribution in [2.24, 2.45) is 0 Å². The van der Waals surface area contributed by atoms with Gasteiger partial charge < -0.3 is 14.7 Å². The predicted octanol–water partition coefficient (Wildman–Crippen LogP) is 2.57. The number of imidazole rings is 1. The first kappa shape index (κ1) is 9.96. The van der Waals surface area contributed by atoms with E-state index in [4.69, 9.17) is 10.2 Å². The Labute approximate surface area is 98.7 Å².